The molecule has 2 atom stereocenters. The molecule has 25 heavy (non-hydrogen) atoms. The Morgan fingerprint density at radius 3 is 2.24 bits per heavy atom. The van der Waals surface area contributed by atoms with Crippen molar-refractivity contribution in [3.63, 3.8) is 0 Å². The van der Waals surface area contributed by atoms with E-state index in [0.717, 1.165) is 25.6 Å². The third kappa shape index (κ3) is 7.64. The first-order valence-electron chi connectivity index (χ1n) is 9.73. The van der Waals surface area contributed by atoms with Crippen LogP contribution in [0.1, 0.15) is 41.0 Å². The van der Waals surface area contributed by atoms with Crippen LogP contribution in [0.5, 0.6) is 0 Å². The zero-order valence-electron chi connectivity index (χ0n) is 17.6. The topological polar surface area (TPSA) is 21.7 Å². The fraction of sp³-hybridized carbons (Fsp3) is 0.700. The van der Waals surface area contributed by atoms with Gasteiger partial charge in [0.15, 0.2) is 0 Å². The fourth-order valence-electron chi connectivity index (χ4n) is 3.02. The Labute approximate surface area is 158 Å². The molecule has 0 aromatic heterocycles. The Kier molecular flexibility index (Phi) is 8.88. The molecule has 1 aromatic rings. The summed E-state index contributed by atoms with van der Waals surface area (Å²) in [5.41, 5.74) is 1.78. The molecule has 0 saturated carbocycles. The van der Waals surface area contributed by atoms with Gasteiger partial charge in [0.05, 0.1) is 8.80 Å². The van der Waals surface area contributed by atoms with Crippen LogP contribution in [0.25, 0.3) is 0 Å². The molecule has 3 nitrogen and oxygen atoms in total. The summed E-state index contributed by atoms with van der Waals surface area (Å²) in [5.74, 6) is 0. The predicted molar refractivity (Wildman–Crippen MR) is 116 cm³/mol. The van der Waals surface area contributed by atoms with E-state index >= 15 is 0 Å². The molecule has 1 aromatic carbocycles. The van der Waals surface area contributed by atoms with Crippen molar-refractivity contribution in [1.29, 1.82) is 0 Å². The summed E-state index contributed by atoms with van der Waals surface area (Å²) in [6, 6.07) is 11.8. The molecule has 0 saturated heterocycles. The maximum Gasteiger partial charge on any atom is 0.334 e. The van der Waals surface area contributed by atoms with Gasteiger partial charge in [-0.25, -0.2) is 0 Å². The lowest BCUT2D eigenvalue weighted by Crippen LogP contribution is -2.46. The third-order valence-electron chi connectivity index (χ3n) is 4.71. The first-order valence-corrected chi connectivity index (χ1v) is 15.2. The smallest absolute Gasteiger partial charge is 0.334 e. The van der Waals surface area contributed by atoms with Crippen LogP contribution >= 0.6 is 0 Å². The van der Waals surface area contributed by atoms with E-state index in [-0.39, 0.29) is 5.54 Å². The lowest BCUT2D eigenvalue weighted by Gasteiger charge is -2.39. The molecule has 1 rings (SSSR count). The maximum atomic E-state index is 6.47. The average molecular weight is 382 g/mol. The van der Waals surface area contributed by atoms with Crippen LogP contribution in [-0.2, 0) is 8.85 Å². The van der Waals surface area contributed by atoms with E-state index in [4.69, 9.17) is 8.85 Å². The molecule has 0 aliphatic rings. The molecule has 0 spiro atoms. The summed E-state index contributed by atoms with van der Waals surface area (Å²) in [5, 5.41) is 0. The molecule has 0 N–H and O–H groups in total. The second-order valence-corrected chi connectivity index (χ2v) is 15.1. The van der Waals surface area contributed by atoms with Gasteiger partial charge in [0, 0.05) is 30.1 Å². The van der Waals surface area contributed by atoms with E-state index in [1.54, 1.807) is 0 Å². The molecule has 0 amide bonds. The number of hydrogen-bond acceptors (Lipinski definition) is 3. The Morgan fingerprint density at radius 2 is 1.76 bits per heavy atom. The van der Waals surface area contributed by atoms with Crippen molar-refractivity contribution in [3.8, 4) is 0 Å². The first kappa shape index (κ1) is 22.4. The van der Waals surface area contributed by atoms with Crippen LogP contribution in [-0.4, -0.2) is 41.8 Å². The highest BCUT2D eigenvalue weighted by Crippen LogP contribution is 2.26. The van der Waals surface area contributed by atoms with Crippen molar-refractivity contribution in [2.45, 2.75) is 78.0 Å². The van der Waals surface area contributed by atoms with Gasteiger partial charge in [-0.3, -0.25) is 0 Å². The molecule has 0 heterocycles. The third-order valence-corrected chi connectivity index (χ3v) is 10.0. The molecular weight excluding hydrogens is 342 g/mol. The Balaban J connectivity index is 2.74. The minimum atomic E-state index is -2.09. The molecule has 0 bridgehead atoms. The van der Waals surface area contributed by atoms with Gasteiger partial charge in [-0.1, -0.05) is 31.3 Å². The Hall–Kier alpha value is -0.626. The van der Waals surface area contributed by atoms with E-state index in [1.807, 2.05) is 0 Å². The zero-order chi connectivity index (χ0) is 19.1. The molecule has 0 aliphatic heterocycles. The van der Waals surface area contributed by atoms with Gasteiger partial charge in [-0.2, -0.15) is 0 Å². The number of hydrogen-bond donors (Lipinski definition) is 0. The summed E-state index contributed by atoms with van der Waals surface area (Å²) < 4.78 is 12.6. The minimum absolute atomic E-state index is 0.101. The molecule has 5 heteroatoms. The van der Waals surface area contributed by atoms with Gasteiger partial charge in [-0.05, 0) is 65.8 Å². The van der Waals surface area contributed by atoms with Crippen LogP contribution in [0.3, 0.4) is 0 Å². The van der Waals surface area contributed by atoms with Gasteiger partial charge in [0.2, 0.25) is 0 Å². The van der Waals surface area contributed by atoms with Gasteiger partial charge < -0.3 is 13.8 Å². The van der Waals surface area contributed by atoms with Crippen molar-refractivity contribution in [2.24, 2.45) is 0 Å². The SMILES string of the molecule is CCO[Si](C)(CCCN(c1ccccc1)C(C)(C)C)OC(C)[SiH](C)C. The van der Waals surface area contributed by atoms with Gasteiger partial charge in [0.1, 0.15) is 0 Å². The van der Waals surface area contributed by atoms with Crippen molar-refractivity contribution < 1.29 is 8.85 Å². The highest BCUT2D eigenvalue weighted by Gasteiger charge is 2.34. The molecule has 0 fully saturated rings. The quantitative estimate of drug-likeness (QED) is 0.519. The normalized spacial score (nSPS) is 15.9. The number of nitrogens with zero attached hydrogens (tertiary/aromatic N) is 1. The lowest BCUT2D eigenvalue weighted by molar-refractivity contribution is 0.167. The number of benzene rings is 1. The summed E-state index contributed by atoms with van der Waals surface area (Å²) in [6.07, 6.45) is 1.10. The van der Waals surface area contributed by atoms with E-state index in [2.05, 4.69) is 89.5 Å². The summed E-state index contributed by atoms with van der Waals surface area (Å²) in [7, 11) is -2.89. The monoisotopic (exact) mass is 381 g/mol. The zero-order valence-corrected chi connectivity index (χ0v) is 19.8. The number of para-hydroxylation sites is 1. The number of anilines is 1. The van der Waals surface area contributed by atoms with Crippen LogP contribution in [0, 0.1) is 0 Å². The van der Waals surface area contributed by atoms with Crippen LogP contribution in [0.15, 0.2) is 30.3 Å². The highest BCUT2D eigenvalue weighted by atomic mass is 28.4. The molecule has 0 radical (unpaired) electrons. The molecule has 2 unspecified atom stereocenters. The average Bonchev–Trinajstić information content (AvgIpc) is 2.51. The fourth-order valence-corrected chi connectivity index (χ4v) is 7.50. The largest absolute Gasteiger partial charge is 0.395 e. The first-order chi connectivity index (χ1) is 11.6. The maximum absolute atomic E-state index is 6.47. The van der Waals surface area contributed by atoms with E-state index < -0.39 is 17.4 Å². The van der Waals surface area contributed by atoms with Crippen molar-refractivity contribution >= 4 is 23.0 Å². The highest BCUT2D eigenvalue weighted by molar-refractivity contribution is 6.67. The van der Waals surface area contributed by atoms with Crippen LogP contribution in [0.4, 0.5) is 5.69 Å². The Bertz CT molecular complexity index is 490. The Morgan fingerprint density at radius 1 is 1.16 bits per heavy atom. The molecule has 144 valence electrons. The van der Waals surface area contributed by atoms with Crippen molar-refractivity contribution in [3.05, 3.63) is 30.3 Å². The van der Waals surface area contributed by atoms with E-state index in [1.165, 1.54) is 5.69 Å². The predicted octanol–water partition coefficient (Wildman–Crippen LogP) is 5.22. The van der Waals surface area contributed by atoms with Gasteiger partial charge in [0.25, 0.3) is 0 Å². The number of rotatable bonds is 10. The van der Waals surface area contributed by atoms with Gasteiger partial charge in [-0.15, -0.1) is 0 Å². The van der Waals surface area contributed by atoms with Crippen molar-refractivity contribution in [1.82, 2.24) is 0 Å². The summed E-state index contributed by atoms with van der Waals surface area (Å²) in [6.45, 7) is 19.9. The molecular formula is C20H39NO2Si2. The minimum Gasteiger partial charge on any atom is -0.395 e. The van der Waals surface area contributed by atoms with Crippen LogP contribution in [0.2, 0.25) is 25.7 Å². The summed E-state index contributed by atoms with van der Waals surface area (Å²) in [4.78, 5) is 2.49. The van der Waals surface area contributed by atoms with Crippen molar-refractivity contribution in [2.75, 3.05) is 18.1 Å². The van der Waals surface area contributed by atoms with E-state index in [9.17, 15) is 0 Å². The lowest BCUT2D eigenvalue weighted by atomic mass is 10.0. The van der Waals surface area contributed by atoms with Crippen LogP contribution < -0.4 is 4.90 Å². The summed E-state index contributed by atoms with van der Waals surface area (Å²) >= 11 is 0. The standard InChI is InChI=1S/C20H39NO2Si2/c1-9-22-25(8,23-18(2)24(6)7)17-13-16-21(20(3,4)5)19-14-11-10-12-15-19/h10-12,14-15,18,24H,9,13,16-17H2,1-8H3. The second-order valence-electron chi connectivity index (χ2n) is 8.40. The van der Waals surface area contributed by atoms with E-state index in [0.29, 0.717) is 5.73 Å². The molecule has 0 aliphatic carbocycles. The second kappa shape index (κ2) is 9.90. The van der Waals surface area contributed by atoms with Gasteiger partial charge >= 0.3 is 8.56 Å².